The van der Waals surface area contributed by atoms with E-state index >= 15 is 0 Å². The Bertz CT molecular complexity index is 2470. The molecule has 0 aliphatic carbocycles. The molecular weight excluding hydrogens is 1010 g/mol. The molecule has 13 atom stereocenters. The summed E-state index contributed by atoms with van der Waals surface area (Å²) in [7, 11) is -8.21. The second kappa shape index (κ2) is 20.0. The van der Waals surface area contributed by atoms with Crippen LogP contribution in [0.1, 0.15) is 25.8 Å². The molecule has 0 aromatic carbocycles. The zero-order chi connectivity index (χ0) is 45.5. The Morgan fingerprint density at radius 1 is 0.774 bits per heavy atom. The zero-order valence-corrected chi connectivity index (χ0v) is 40.0. The number of nitrogens with one attached hydrogen (secondary N) is 2. The molecule has 2 saturated heterocycles. The van der Waals surface area contributed by atoms with Crippen LogP contribution >= 0.6 is 63.8 Å². The fourth-order valence-corrected chi connectivity index (χ4v) is 16.0. The van der Waals surface area contributed by atoms with E-state index < -0.39 is 95.8 Å². The van der Waals surface area contributed by atoms with Crippen LogP contribution in [0.5, 0.6) is 0 Å². The Morgan fingerprint density at radius 2 is 1.19 bits per heavy atom. The number of aromatic nitrogens is 8. The number of ether oxygens (including phenoxy) is 2. The van der Waals surface area contributed by atoms with Crippen molar-refractivity contribution < 1.29 is 76.3 Å². The van der Waals surface area contributed by atoms with Gasteiger partial charge in [-0.1, -0.05) is 42.0 Å². The lowest BCUT2D eigenvalue weighted by Crippen LogP contribution is -2.33. The molecule has 10 N–H and O–H groups in total. The van der Waals surface area contributed by atoms with Gasteiger partial charge in [-0.3, -0.25) is 18.3 Å². The van der Waals surface area contributed by atoms with Gasteiger partial charge in [0.25, 0.3) is 0 Å². The molecule has 0 saturated carbocycles. The maximum Gasteiger partial charge on any atom is 0.365 e. The minimum absolute atomic E-state index is 0.233. The van der Waals surface area contributed by atoms with Crippen LogP contribution in [0.4, 0.5) is 11.6 Å². The van der Waals surface area contributed by atoms with E-state index in [9.17, 15) is 49.1 Å². The van der Waals surface area contributed by atoms with E-state index in [-0.39, 0.29) is 11.3 Å². The third kappa shape index (κ3) is 10.8. The summed E-state index contributed by atoms with van der Waals surface area (Å²) in [5.41, 5.74) is 1.14. The molecule has 5 unspecified atom stereocenters. The summed E-state index contributed by atoms with van der Waals surface area (Å²) >= 11 is 18.1. The lowest BCUT2D eigenvalue weighted by atomic mass is 10.1. The Balaban J connectivity index is 1.05. The SMILES string of the molecule is CCCSc1nc(NC)c2ncn([C@@H]3O[C@H](COP(O)(=S)OP(=O)(O)C(Cl)P(=O)(O)OP(O)(=S)OC[C@H]4O[C@@H](n5cnc6c(NC)nc(SC)nc65)[C@H](O)[C@@H]4O)[C@@H](O)[C@H]3O)c2n1. The first-order valence-corrected chi connectivity index (χ1v) is 28.9. The Hall–Kier alpha value is -1.11. The highest BCUT2D eigenvalue weighted by Gasteiger charge is 2.53. The Kier molecular flexibility index (Phi) is 16.2. The first-order chi connectivity index (χ1) is 29.1. The predicted octanol–water partition coefficient (Wildman–Crippen LogP) is 1.61. The van der Waals surface area contributed by atoms with Crippen molar-refractivity contribution in [2.45, 2.75) is 77.6 Å². The van der Waals surface area contributed by atoms with Crippen molar-refractivity contribution in [2.75, 3.05) is 50.0 Å². The van der Waals surface area contributed by atoms with Crippen molar-refractivity contribution in [3.8, 4) is 0 Å². The number of anilines is 2. The van der Waals surface area contributed by atoms with Crippen LogP contribution in [0.25, 0.3) is 22.3 Å². The maximum absolute atomic E-state index is 13.1. The van der Waals surface area contributed by atoms with E-state index in [4.69, 9.17) is 53.7 Å². The number of alkyl halides is 1. The number of rotatable bonds is 20. The monoisotopic (exact) mass is 1050 g/mol. The topological polar surface area (TPSA) is 363 Å². The Labute approximate surface area is 375 Å². The molecular formula is C27H41ClN10O16P4S4. The van der Waals surface area contributed by atoms with Crippen LogP contribution in [-0.4, -0.2) is 160 Å². The summed E-state index contributed by atoms with van der Waals surface area (Å²) < 4.78 is 60.0. The summed E-state index contributed by atoms with van der Waals surface area (Å²) in [5, 5.41) is 49.9. The third-order valence-corrected chi connectivity index (χ3v) is 21.1. The molecule has 4 aromatic rings. The molecule has 6 heterocycles. The number of thioether (sulfide) groups is 2. The van der Waals surface area contributed by atoms with Crippen LogP contribution in [0.3, 0.4) is 0 Å². The molecule has 2 aliphatic heterocycles. The predicted molar refractivity (Wildman–Crippen MR) is 231 cm³/mol. The minimum atomic E-state index is -5.74. The summed E-state index contributed by atoms with van der Waals surface area (Å²) in [6.45, 7) is -9.51. The fourth-order valence-electron chi connectivity index (χ4n) is 6.00. The molecule has 0 bridgehead atoms. The second-order valence-corrected chi connectivity index (χ2v) is 26.2. The fraction of sp³-hybridized carbons (Fsp3) is 0.630. The molecule has 346 valence electrons. The molecule has 6 rings (SSSR count). The number of fused-ring (bicyclic) bond motifs is 2. The lowest BCUT2D eigenvalue weighted by Gasteiger charge is -2.27. The van der Waals surface area contributed by atoms with Gasteiger partial charge in [-0.05, 0) is 36.3 Å². The summed E-state index contributed by atoms with van der Waals surface area (Å²) in [4.78, 5) is 65.7. The number of hydrogen-bond acceptors (Lipinski definition) is 24. The van der Waals surface area contributed by atoms with E-state index in [2.05, 4.69) is 49.2 Å². The van der Waals surface area contributed by atoms with Crippen LogP contribution in [-0.2, 0) is 59.9 Å². The van der Waals surface area contributed by atoms with Crippen molar-refractivity contribution in [3.05, 3.63) is 12.7 Å². The first kappa shape index (κ1) is 50.3. The van der Waals surface area contributed by atoms with Crippen LogP contribution in [0.15, 0.2) is 23.0 Å². The third-order valence-electron chi connectivity index (χ3n) is 8.90. The Morgan fingerprint density at radius 3 is 1.60 bits per heavy atom. The van der Waals surface area contributed by atoms with E-state index in [0.717, 1.165) is 12.2 Å². The largest absolute Gasteiger partial charge is 0.387 e. The van der Waals surface area contributed by atoms with Crippen LogP contribution < -0.4 is 10.6 Å². The van der Waals surface area contributed by atoms with Gasteiger partial charge in [-0.25, -0.2) is 38.5 Å². The van der Waals surface area contributed by atoms with E-state index in [0.29, 0.717) is 33.0 Å². The average Bonchev–Trinajstić information content (AvgIpc) is 3.97. The van der Waals surface area contributed by atoms with Crippen LogP contribution in [0.2, 0.25) is 0 Å². The van der Waals surface area contributed by atoms with Crippen molar-refractivity contribution in [2.24, 2.45) is 0 Å². The van der Waals surface area contributed by atoms with Gasteiger partial charge in [0.15, 0.2) is 56.7 Å². The van der Waals surface area contributed by atoms with Gasteiger partial charge >= 0.3 is 28.6 Å². The van der Waals surface area contributed by atoms with E-state index in [1.807, 2.05) is 6.92 Å². The van der Waals surface area contributed by atoms with Crippen molar-refractivity contribution >= 4 is 121 Å². The van der Waals surface area contributed by atoms with Crippen molar-refractivity contribution in [3.63, 3.8) is 0 Å². The van der Waals surface area contributed by atoms with Crippen molar-refractivity contribution in [1.29, 1.82) is 0 Å². The molecule has 0 amide bonds. The zero-order valence-electron chi connectivity index (χ0n) is 32.4. The number of halogens is 1. The first-order valence-electron chi connectivity index (χ1n) is 17.8. The molecule has 2 fully saturated rings. The number of aliphatic hydroxyl groups excluding tert-OH is 4. The standard InChI is InChI=1S/C27H41ClN10O16P4S4/c1-5-6-62-27-34-20(30-3)14-22(36-27)38(10-32-14)24-18(42)16(40)12(52-24)8-50-58(48,60)54-56(45,46)25(28)55(43,44)53-57(47,59)49-7-11-15(39)17(41)23(51-11)37-9-31-13-19(29-2)33-26(61-4)35-21(13)37/h9-12,15-18,23-25,39-42H,5-8H2,1-4H3,(H,43,44)(H,45,46)(H,47,59)(H,48,60)(H,29,33,35)(H,30,34,36)/t11-,12-,15-,16-,17-,18-,23-,24-,25?,57?,58?/m1/s1. The molecule has 0 spiro atoms. The van der Waals surface area contributed by atoms with Gasteiger partial charge in [0.2, 0.25) is 4.86 Å². The highest BCUT2D eigenvalue weighted by atomic mass is 35.5. The summed E-state index contributed by atoms with van der Waals surface area (Å²) in [5.74, 6) is 1.49. The normalized spacial score (nSPS) is 28.7. The molecule has 2 aliphatic rings. The van der Waals surface area contributed by atoms with Crippen LogP contribution in [0, 0.1) is 0 Å². The highest BCUT2D eigenvalue weighted by molar-refractivity contribution is 8.09. The molecule has 62 heavy (non-hydrogen) atoms. The van der Waals surface area contributed by atoms with E-state index in [1.165, 1.54) is 45.3 Å². The quantitative estimate of drug-likeness (QED) is 0.0260. The maximum atomic E-state index is 13.1. The molecule has 35 heteroatoms. The molecule has 4 aromatic heterocycles. The van der Waals surface area contributed by atoms with Gasteiger partial charge in [-0.15, -0.1) is 0 Å². The highest BCUT2D eigenvalue weighted by Crippen LogP contribution is 2.76. The average molecular weight is 1050 g/mol. The summed E-state index contributed by atoms with van der Waals surface area (Å²) in [6.07, 6.45) is -6.89. The van der Waals surface area contributed by atoms with E-state index in [1.54, 1.807) is 20.4 Å². The van der Waals surface area contributed by atoms with Gasteiger partial charge in [0.1, 0.15) is 36.6 Å². The number of nitrogens with zero attached hydrogens (tertiary/aromatic N) is 8. The van der Waals surface area contributed by atoms with Gasteiger partial charge in [0, 0.05) is 19.8 Å². The summed E-state index contributed by atoms with van der Waals surface area (Å²) in [6, 6.07) is 0. The lowest BCUT2D eigenvalue weighted by molar-refractivity contribution is -0.0486. The number of aliphatic hydroxyl groups is 4. The van der Waals surface area contributed by atoms with Gasteiger partial charge < -0.3 is 69.2 Å². The minimum Gasteiger partial charge on any atom is -0.387 e. The van der Waals surface area contributed by atoms with Gasteiger partial charge in [0.05, 0.1) is 25.9 Å². The second-order valence-electron chi connectivity index (χ2n) is 13.1. The smallest absolute Gasteiger partial charge is 0.365 e. The van der Waals surface area contributed by atoms with Crippen molar-refractivity contribution in [1.82, 2.24) is 39.0 Å². The molecule has 0 radical (unpaired) electrons. The molecule has 26 nitrogen and oxygen atoms in total. The van der Waals surface area contributed by atoms with Gasteiger partial charge in [-0.2, -0.15) is 0 Å². The number of imidazole rings is 2. The number of hydrogen-bond donors (Lipinski definition) is 10.